The molecule has 0 unspecified atom stereocenters. The zero-order valence-electron chi connectivity index (χ0n) is 10.7. The van der Waals surface area contributed by atoms with Crippen molar-refractivity contribution in [2.45, 2.75) is 25.8 Å². The van der Waals surface area contributed by atoms with Gasteiger partial charge in [-0.15, -0.1) is 0 Å². The van der Waals surface area contributed by atoms with Crippen LogP contribution in [0.2, 0.25) is 0 Å². The number of benzene rings is 1. The van der Waals surface area contributed by atoms with E-state index < -0.39 is 11.5 Å². The van der Waals surface area contributed by atoms with Gasteiger partial charge in [0.25, 0.3) is 0 Å². The van der Waals surface area contributed by atoms with Crippen molar-refractivity contribution in [3.8, 4) is 0 Å². The SMILES string of the molecule is CC(C)(CC(=O)O)N1C(=O)CNc2ccc(Br)cc21. The van der Waals surface area contributed by atoms with Gasteiger partial charge in [0.15, 0.2) is 0 Å². The van der Waals surface area contributed by atoms with Crippen LogP contribution in [0.5, 0.6) is 0 Å². The monoisotopic (exact) mass is 326 g/mol. The summed E-state index contributed by atoms with van der Waals surface area (Å²) in [4.78, 5) is 24.7. The lowest BCUT2D eigenvalue weighted by Gasteiger charge is -2.41. The number of rotatable bonds is 3. The summed E-state index contributed by atoms with van der Waals surface area (Å²) in [6.07, 6.45) is -0.106. The van der Waals surface area contributed by atoms with Crippen LogP contribution in [-0.4, -0.2) is 29.1 Å². The number of hydrogen-bond acceptors (Lipinski definition) is 3. The van der Waals surface area contributed by atoms with E-state index in [1.807, 2.05) is 18.2 Å². The molecule has 0 radical (unpaired) electrons. The average Bonchev–Trinajstić information content (AvgIpc) is 2.25. The molecule has 1 aliphatic heterocycles. The zero-order chi connectivity index (χ0) is 14.2. The second-order valence-corrected chi connectivity index (χ2v) is 6.04. The van der Waals surface area contributed by atoms with E-state index in [0.717, 1.165) is 10.2 Å². The van der Waals surface area contributed by atoms with Crippen molar-refractivity contribution in [2.75, 3.05) is 16.8 Å². The van der Waals surface area contributed by atoms with E-state index in [2.05, 4.69) is 21.2 Å². The summed E-state index contributed by atoms with van der Waals surface area (Å²) < 4.78 is 0.846. The predicted octanol–water partition coefficient (Wildman–Crippen LogP) is 2.46. The molecule has 0 bridgehead atoms. The third kappa shape index (κ3) is 2.73. The average molecular weight is 327 g/mol. The summed E-state index contributed by atoms with van der Waals surface area (Å²) in [5.41, 5.74) is 0.763. The maximum Gasteiger partial charge on any atom is 0.305 e. The number of aliphatic carboxylic acids is 1. The Kier molecular flexibility index (Phi) is 3.54. The lowest BCUT2D eigenvalue weighted by Crippen LogP contribution is -2.53. The highest BCUT2D eigenvalue weighted by Crippen LogP contribution is 2.37. The van der Waals surface area contributed by atoms with Gasteiger partial charge >= 0.3 is 5.97 Å². The number of amides is 1. The van der Waals surface area contributed by atoms with Gasteiger partial charge in [0.2, 0.25) is 5.91 Å². The highest BCUT2D eigenvalue weighted by molar-refractivity contribution is 9.10. The molecule has 0 aromatic heterocycles. The Labute approximate surface area is 119 Å². The van der Waals surface area contributed by atoms with Crippen LogP contribution in [0, 0.1) is 0 Å². The fourth-order valence-corrected chi connectivity index (χ4v) is 2.69. The van der Waals surface area contributed by atoms with E-state index >= 15 is 0 Å². The maximum absolute atomic E-state index is 12.2. The molecule has 0 saturated carbocycles. The van der Waals surface area contributed by atoms with Gasteiger partial charge in [-0.05, 0) is 32.0 Å². The minimum Gasteiger partial charge on any atom is -0.481 e. The lowest BCUT2D eigenvalue weighted by molar-refractivity contribution is -0.138. The number of carboxylic acids is 1. The number of carbonyl (C=O) groups is 2. The van der Waals surface area contributed by atoms with E-state index in [-0.39, 0.29) is 18.9 Å². The third-order valence-electron chi connectivity index (χ3n) is 3.07. The molecule has 2 N–H and O–H groups in total. The predicted molar refractivity (Wildman–Crippen MR) is 76.4 cm³/mol. The quantitative estimate of drug-likeness (QED) is 0.895. The molecule has 0 saturated heterocycles. The molecule has 19 heavy (non-hydrogen) atoms. The minimum absolute atomic E-state index is 0.106. The molecule has 0 fully saturated rings. The molecule has 1 aromatic carbocycles. The van der Waals surface area contributed by atoms with E-state index in [9.17, 15) is 9.59 Å². The Morgan fingerprint density at radius 3 is 2.84 bits per heavy atom. The Hall–Kier alpha value is -1.56. The summed E-state index contributed by atoms with van der Waals surface area (Å²) in [5, 5.41) is 12.0. The number of halogens is 1. The number of nitrogens with one attached hydrogen (secondary N) is 1. The highest BCUT2D eigenvalue weighted by atomic mass is 79.9. The van der Waals surface area contributed by atoms with Gasteiger partial charge < -0.3 is 15.3 Å². The van der Waals surface area contributed by atoms with Crippen molar-refractivity contribution in [3.63, 3.8) is 0 Å². The fourth-order valence-electron chi connectivity index (χ4n) is 2.34. The van der Waals surface area contributed by atoms with Crippen LogP contribution in [-0.2, 0) is 9.59 Å². The highest BCUT2D eigenvalue weighted by Gasteiger charge is 2.37. The van der Waals surface area contributed by atoms with Gasteiger partial charge in [0.1, 0.15) is 0 Å². The molecule has 0 atom stereocenters. The Morgan fingerprint density at radius 1 is 1.53 bits per heavy atom. The number of carbonyl (C=O) groups excluding carboxylic acids is 1. The molecular formula is C13H15BrN2O3. The molecule has 102 valence electrons. The molecule has 1 heterocycles. The smallest absolute Gasteiger partial charge is 0.305 e. The first-order valence-electron chi connectivity index (χ1n) is 5.89. The molecule has 2 rings (SSSR count). The second kappa shape index (κ2) is 4.85. The standard InChI is InChI=1S/C13H15BrN2O3/c1-13(2,6-12(18)19)16-10-5-8(14)3-4-9(10)15-7-11(16)17/h3-5,15H,6-7H2,1-2H3,(H,18,19). The normalized spacial score (nSPS) is 14.9. The van der Waals surface area contributed by atoms with Crippen LogP contribution in [0.3, 0.4) is 0 Å². The van der Waals surface area contributed by atoms with Crippen molar-refractivity contribution >= 4 is 39.2 Å². The summed E-state index contributed by atoms with van der Waals surface area (Å²) in [6.45, 7) is 3.70. The minimum atomic E-state index is -0.923. The second-order valence-electron chi connectivity index (χ2n) is 5.13. The summed E-state index contributed by atoms with van der Waals surface area (Å²) in [5.74, 6) is -1.05. The van der Waals surface area contributed by atoms with Crippen LogP contribution in [0.4, 0.5) is 11.4 Å². The molecule has 0 spiro atoms. The van der Waals surface area contributed by atoms with Gasteiger partial charge in [-0.25, -0.2) is 0 Å². The molecule has 6 heteroatoms. The number of nitrogens with zero attached hydrogens (tertiary/aromatic N) is 1. The zero-order valence-corrected chi connectivity index (χ0v) is 12.3. The van der Waals surface area contributed by atoms with Crippen LogP contribution in [0.15, 0.2) is 22.7 Å². The van der Waals surface area contributed by atoms with Crippen molar-refractivity contribution in [3.05, 3.63) is 22.7 Å². The Balaban J connectivity index is 2.48. The van der Waals surface area contributed by atoms with Gasteiger partial charge in [-0.3, -0.25) is 9.59 Å². The molecule has 0 aliphatic carbocycles. The van der Waals surface area contributed by atoms with Crippen molar-refractivity contribution in [1.82, 2.24) is 0 Å². The fraction of sp³-hybridized carbons (Fsp3) is 0.385. The van der Waals surface area contributed by atoms with Gasteiger partial charge in [0.05, 0.1) is 29.9 Å². The topological polar surface area (TPSA) is 69.6 Å². The number of fused-ring (bicyclic) bond motifs is 1. The molecule has 1 aromatic rings. The molecule has 1 aliphatic rings. The van der Waals surface area contributed by atoms with Crippen LogP contribution in [0.1, 0.15) is 20.3 Å². The first kappa shape index (κ1) is 13.9. The number of anilines is 2. The van der Waals surface area contributed by atoms with E-state index in [1.165, 1.54) is 0 Å². The van der Waals surface area contributed by atoms with Crippen molar-refractivity contribution in [2.24, 2.45) is 0 Å². The van der Waals surface area contributed by atoms with Crippen LogP contribution < -0.4 is 10.2 Å². The van der Waals surface area contributed by atoms with Gasteiger partial charge in [-0.1, -0.05) is 15.9 Å². The van der Waals surface area contributed by atoms with Crippen LogP contribution >= 0.6 is 15.9 Å². The largest absolute Gasteiger partial charge is 0.481 e. The number of hydrogen-bond donors (Lipinski definition) is 2. The first-order chi connectivity index (χ1) is 8.81. The van der Waals surface area contributed by atoms with E-state index in [1.54, 1.807) is 18.7 Å². The van der Waals surface area contributed by atoms with Gasteiger partial charge in [0, 0.05) is 4.47 Å². The summed E-state index contributed by atoms with van der Waals surface area (Å²) >= 11 is 3.37. The summed E-state index contributed by atoms with van der Waals surface area (Å²) in [7, 11) is 0. The van der Waals surface area contributed by atoms with Crippen molar-refractivity contribution in [1.29, 1.82) is 0 Å². The van der Waals surface area contributed by atoms with E-state index in [4.69, 9.17) is 5.11 Å². The third-order valence-corrected chi connectivity index (χ3v) is 3.56. The molecule has 1 amide bonds. The Morgan fingerprint density at radius 2 is 2.21 bits per heavy atom. The molecular weight excluding hydrogens is 312 g/mol. The van der Waals surface area contributed by atoms with E-state index in [0.29, 0.717) is 5.69 Å². The lowest BCUT2D eigenvalue weighted by atomic mass is 9.95. The maximum atomic E-state index is 12.2. The van der Waals surface area contributed by atoms with Crippen LogP contribution in [0.25, 0.3) is 0 Å². The number of carboxylic acid groups (broad SMARTS) is 1. The summed E-state index contributed by atoms with van der Waals surface area (Å²) in [6, 6.07) is 5.57. The Bertz CT molecular complexity index is 543. The molecule has 5 nitrogen and oxygen atoms in total. The van der Waals surface area contributed by atoms with Gasteiger partial charge in [-0.2, -0.15) is 0 Å². The van der Waals surface area contributed by atoms with Crippen molar-refractivity contribution < 1.29 is 14.7 Å². The first-order valence-corrected chi connectivity index (χ1v) is 6.69.